The molecule has 3 aromatic rings. The van der Waals surface area contributed by atoms with Crippen molar-refractivity contribution < 1.29 is 9.53 Å². The number of fused-ring (bicyclic) bond motifs is 1. The average Bonchev–Trinajstić information content (AvgIpc) is 3.01. The summed E-state index contributed by atoms with van der Waals surface area (Å²) in [6.45, 7) is 0.455. The van der Waals surface area contributed by atoms with Crippen molar-refractivity contribution in [3.05, 3.63) is 48.2 Å². The Balaban J connectivity index is 1.49. The first-order valence-electron chi connectivity index (χ1n) is 6.98. The molecule has 0 radical (unpaired) electrons. The lowest BCUT2D eigenvalue weighted by Gasteiger charge is -2.05. The van der Waals surface area contributed by atoms with E-state index in [9.17, 15) is 4.79 Å². The van der Waals surface area contributed by atoms with Crippen molar-refractivity contribution in [2.24, 2.45) is 0 Å². The maximum absolute atomic E-state index is 11.9. The van der Waals surface area contributed by atoms with Crippen LogP contribution in [0.15, 0.2) is 46.9 Å². The highest BCUT2D eigenvalue weighted by Gasteiger charge is 2.07. The minimum atomic E-state index is -0.0231. The van der Waals surface area contributed by atoms with Crippen LogP contribution in [0.5, 0.6) is 5.88 Å². The number of thioether (sulfide) groups is 1. The molecule has 1 N–H and O–H groups in total. The van der Waals surface area contributed by atoms with Crippen molar-refractivity contribution in [1.29, 1.82) is 0 Å². The van der Waals surface area contributed by atoms with Crippen molar-refractivity contribution in [3.8, 4) is 5.88 Å². The van der Waals surface area contributed by atoms with Crippen LogP contribution in [0.4, 0.5) is 0 Å². The highest BCUT2D eigenvalue weighted by Crippen LogP contribution is 2.28. The number of para-hydroxylation sites is 1. The predicted octanol–water partition coefficient (Wildman–Crippen LogP) is 3.11. The quantitative estimate of drug-likeness (QED) is 0.696. The largest absolute Gasteiger partial charge is 0.481 e. The molecule has 1 aromatic carbocycles. The first kappa shape index (κ1) is 15.8. The molecule has 0 atom stereocenters. The summed E-state index contributed by atoms with van der Waals surface area (Å²) in [5.74, 6) is 0.889. The Labute approximate surface area is 142 Å². The average molecular weight is 345 g/mol. The number of hydrogen-bond acceptors (Lipinski definition) is 6. The van der Waals surface area contributed by atoms with E-state index in [2.05, 4.69) is 15.3 Å². The number of aromatic nitrogens is 2. The fraction of sp³-hybridized carbons (Fsp3) is 0.188. The second-order valence-electron chi connectivity index (χ2n) is 4.72. The highest BCUT2D eigenvalue weighted by atomic mass is 32.2. The maximum Gasteiger partial charge on any atom is 0.230 e. The zero-order chi connectivity index (χ0) is 16.1. The standard InChI is InChI=1S/C16H15N3O2S2/c1-21-15-7-6-11(9-18-15)8-17-14(20)10-22-16-19-12-4-2-3-5-13(12)23-16/h2-7,9H,8,10H2,1H3,(H,17,20). The lowest BCUT2D eigenvalue weighted by molar-refractivity contribution is -0.118. The molecule has 0 saturated heterocycles. The van der Waals surface area contributed by atoms with Gasteiger partial charge in [-0.3, -0.25) is 4.79 Å². The second-order valence-corrected chi connectivity index (χ2v) is 6.97. The molecule has 0 aliphatic carbocycles. The van der Waals surface area contributed by atoms with Gasteiger partial charge in [0.05, 0.1) is 23.1 Å². The number of rotatable bonds is 6. The van der Waals surface area contributed by atoms with E-state index >= 15 is 0 Å². The summed E-state index contributed by atoms with van der Waals surface area (Å²) >= 11 is 3.06. The number of pyridine rings is 1. The number of amides is 1. The summed E-state index contributed by atoms with van der Waals surface area (Å²) in [6, 6.07) is 11.6. The summed E-state index contributed by atoms with van der Waals surface area (Å²) in [4.78, 5) is 20.5. The molecule has 0 aliphatic rings. The third-order valence-electron chi connectivity index (χ3n) is 3.10. The van der Waals surface area contributed by atoms with Crippen molar-refractivity contribution in [3.63, 3.8) is 0 Å². The summed E-state index contributed by atoms with van der Waals surface area (Å²) in [7, 11) is 1.57. The molecule has 0 fully saturated rings. The molecule has 23 heavy (non-hydrogen) atoms. The Morgan fingerprint density at radius 3 is 2.91 bits per heavy atom. The number of nitrogens with zero attached hydrogens (tertiary/aromatic N) is 2. The van der Waals surface area contributed by atoms with Gasteiger partial charge in [-0.1, -0.05) is 30.0 Å². The van der Waals surface area contributed by atoms with Crippen LogP contribution in [0.25, 0.3) is 10.2 Å². The van der Waals surface area contributed by atoms with Gasteiger partial charge in [0, 0.05) is 18.8 Å². The fourth-order valence-electron chi connectivity index (χ4n) is 1.93. The van der Waals surface area contributed by atoms with Crippen LogP contribution in [-0.2, 0) is 11.3 Å². The minimum Gasteiger partial charge on any atom is -0.481 e. The monoisotopic (exact) mass is 345 g/mol. The van der Waals surface area contributed by atoms with Gasteiger partial charge in [-0.05, 0) is 17.7 Å². The Morgan fingerprint density at radius 1 is 1.30 bits per heavy atom. The molecule has 0 saturated carbocycles. The van der Waals surface area contributed by atoms with E-state index in [1.165, 1.54) is 11.8 Å². The summed E-state index contributed by atoms with van der Waals surface area (Å²) in [6.07, 6.45) is 1.69. The molecular weight excluding hydrogens is 330 g/mol. The molecule has 0 aliphatic heterocycles. The van der Waals surface area contributed by atoms with Gasteiger partial charge in [0.2, 0.25) is 11.8 Å². The number of carbonyl (C=O) groups is 1. The summed E-state index contributed by atoms with van der Waals surface area (Å²) in [5, 5.41) is 2.88. The number of benzene rings is 1. The molecule has 0 bridgehead atoms. The van der Waals surface area contributed by atoms with Gasteiger partial charge in [-0.15, -0.1) is 11.3 Å². The first-order valence-corrected chi connectivity index (χ1v) is 8.79. The van der Waals surface area contributed by atoms with Gasteiger partial charge in [0.25, 0.3) is 0 Å². The SMILES string of the molecule is COc1ccc(CNC(=O)CSc2nc3ccccc3s2)cn1. The molecule has 2 aromatic heterocycles. The Kier molecular flexibility index (Phi) is 5.09. The van der Waals surface area contributed by atoms with E-state index in [0.717, 1.165) is 20.1 Å². The predicted molar refractivity (Wildman–Crippen MR) is 93.0 cm³/mol. The summed E-state index contributed by atoms with van der Waals surface area (Å²) < 4.78 is 7.05. The Bertz CT molecular complexity index is 769. The van der Waals surface area contributed by atoms with Crippen LogP contribution in [0.2, 0.25) is 0 Å². The van der Waals surface area contributed by atoms with Gasteiger partial charge in [-0.25, -0.2) is 9.97 Å². The zero-order valence-corrected chi connectivity index (χ0v) is 14.1. The van der Waals surface area contributed by atoms with Gasteiger partial charge >= 0.3 is 0 Å². The number of carbonyl (C=O) groups excluding carboxylic acids is 1. The Hall–Kier alpha value is -2.12. The number of thiazole rings is 1. The van der Waals surface area contributed by atoms with E-state index in [1.54, 1.807) is 30.7 Å². The fourth-order valence-corrected chi connectivity index (χ4v) is 3.83. The van der Waals surface area contributed by atoms with E-state index in [-0.39, 0.29) is 5.91 Å². The lowest BCUT2D eigenvalue weighted by atomic mass is 10.3. The van der Waals surface area contributed by atoms with Crippen molar-refractivity contribution in [2.45, 2.75) is 10.9 Å². The topological polar surface area (TPSA) is 64.1 Å². The number of hydrogen-bond donors (Lipinski definition) is 1. The number of methoxy groups -OCH3 is 1. The van der Waals surface area contributed by atoms with Gasteiger partial charge in [0.1, 0.15) is 0 Å². The third-order valence-corrected chi connectivity index (χ3v) is 5.28. The maximum atomic E-state index is 11.9. The molecule has 7 heteroatoms. The van der Waals surface area contributed by atoms with Crippen molar-refractivity contribution in [1.82, 2.24) is 15.3 Å². The van der Waals surface area contributed by atoms with Crippen molar-refractivity contribution in [2.75, 3.05) is 12.9 Å². The van der Waals surface area contributed by atoms with E-state index < -0.39 is 0 Å². The van der Waals surface area contributed by atoms with Gasteiger partial charge in [0.15, 0.2) is 4.34 Å². The number of ether oxygens (including phenoxy) is 1. The molecule has 118 valence electrons. The molecule has 5 nitrogen and oxygen atoms in total. The Morgan fingerprint density at radius 2 is 2.17 bits per heavy atom. The van der Waals surface area contributed by atoms with Crippen LogP contribution in [0, 0.1) is 0 Å². The van der Waals surface area contributed by atoms with Crippen LogP contribution in [0.3, 0.4) is 0 Å². The van der Waals surface area contributed by atoms with E-state index in [0.29, 0.717) is 18.2 Å². The van der Waals surface area contributed by atoms with Crippen LogP contribution < -0.4 is 10.1 Å². The highest BCUT2D eigenvalue weighted by molar-refractivity contribution is 8.01. The van der Waals surface area contributed by atoms with Crippen LogP contribution in [-0.4, -0.2) is 28.7 Å². The smallest absolute Gasteiger partial charge is 0.230 e. The second kappa shape index (κ2) is 7.43. The minimum absolute atomic E-state index is 0.0231. The van der Waals surface area contributed by atoms with Crippen LogP contribution in [0.1, 0.15) is 5.56 Å². The van der Waals surface area contributed by atoms with Crippen LogP contribution >= 0.6 is 23.1 Å². The van der Waals surface area contributed by atoms with Gasteiger partial charge in [-0.2, -0.15) is 0 Å². The molecule has 2 heterocycles. The third kappa shape index (κ3) is 4.20. The van der Waals surface area contributed by atoms with E-state index in [4.69, 9.17) is 4.74 Å². The first-order chi connectivity index (χ1) is 11.2. The molecule has 0 spiro atoms. The normalized spacial score (nSPS) is 10.7. The molecule has 1 amide bonds. The summed E-state index contributed by atoms with van der Waals surface area (Å²) in [5.41, 5.74) is 1.91. The number of nitrogens with one attached hydrogen (secondary N) is 1. The zero-order valence-electron chi connectivity index (χ0n) is 12.5. The van der Waals surface area contributed by atoms with Crippen molar-refractivity contribution >= 4 is 39.2 Å². The molecule has 0 unspecified atom stereocenters. The molecule has 3 rings (SSSR count). The van der Waals surface area contributed by atoms with E-state index in [1.807, 2.05) is 30.3 Å². The van der Waals surface area contributed by atoms with Gasteiger partial charge < -0.3 is 10.1 Å². The molecular formula is C16H15N3O2S2. The lowest BCUT2D eigenvalue weighted by Crippen LogP contribution is -2.24.